The van der Waals surface area contributed by atoms with E-state index >= 15 is 0 Å². The fourth-order valence-corrected chi connectivity index (χ4v) is 2.97. The van der Waals surface area contributed by atoms with Crippen LogP contribution < -0.4 is 0 Å². The molecule has 0 spiro atoms. The highest BCUT2D eigenvalue weighted by atomic mass is 16.5. The Kier molecular flexibility index (Phi) is 3.45. The third-order valence-corrected chi connectivity index (χ3v) is 4.74. The Labute approximate surface area is 125 Å². The second kappa shape index (κ2) is 5.44. The average molecular weight is 289 g/mol. The van der Waals surface area contributed by atoms with Crippen LogP contribution >= 0.6 is 0 Å². The summed E-state index contributed by atoms with van der Waals surface area (Å²) in [6, 6.07) is 2.01. The molecule has 21 heavy (non-hydrogen) atoms. The first-order valence-electron chi connectivity index (χ1n) is 8.18. The van der Waals surface area contributed by atoms with Gasteiger partial charge in [0.25, 0.3) is 0 Å². The maximum atomic E-state index is 12.5. The van der Waals surface area contributed by atoms with Crippen LogP contribution in [0.4, 0.5) is 0 Å². The number of aromatic nitrogens is 2. The zero-order valence-corrected chi connectivity index (χ0v) is 12.4. The van der Waals surface area contributed by atoms with E-state index in [0.29, 0.717) is 25.4 Å². The molecule has 0 N–H and O–H groups in total. The highest BCUT2D eigenvalue weighted by molar-refractivity contribution is 5.76. The SMILES string of the molecule is O=C(CC1CC1)N1Cc2ccnn2CC(OCC2CC2)C1. The summed E-state index contributed by atoms with van der Waals surface area (Å²) in [6.07, 6.45) is 7.65. The summed E-state index contributed by atoms with van der Waals surface area (Å²) in [5.41, 5.74) is 1.12. The summed E-state index contributed by atoms with van der Waals surface area (Å²) in [6.45, 7) is 2.99. The molecule has 5 heteroatoms. The summed E-state index contributed by atoms with van der Waals surface area (Å²) < 4.78 is 8.06. The van der Waals surface area contributed by atoms with Crippen molar-refractivity contribution in [2.45, 2.75) is 51.3 Å². The Morgan fingerprint density at radius 1 is 1.24 bits per heavy atom. The van der Waals surface area contributed by atoms with Crippen LogP contribution in [0, 0.1) is 11.8 Å². The highest BCUT2D eigenvalue weighted by Crippen LogP contribution is 2.33. The molecule has 114 valence electrons. The van der Waals surface area contributed by atoms with Crippen molar-refractivity contribution < 1.29 is 9.53 Å². The van der Waals surface area contributed by atoms with Crippen molar-refractivity contribution in [2.24, 2.45) is 11.8 Å². The van der Waals surface area contributed by atoms with Gasteiger partial charge in [-0.15, -0.1) is 0 Å². The molecule has 3 aliphatic rings. The molecule has 2 saturated carbocycles. The lowest BCUT2D eigenvalue weighted by Gasteiger charge is -2.24. The van der Waals surface area contributed by atoms with Crippen LogP contribution in [-0.2, 0) is 22.6 Å². The summed E-state index contributed by atoms with van der Waals surface area (Å²) >= 11 is 0. The minimum Gasteiger partial charge on any atom is -0.374 e. The second-order valence-electron chi connectivity index (χ2n) is 6.83. The van der Waals surface area contributed by atoms with Gasteiger partial charge in [0.1, 0.15) is 0 Å². The predicted molar refractivity (Wildman–Crippen MR) is 77.4 cm³/mol. The number of amides is 1. The lowest BCUT2D eigenvalue weighted by molar-refractivity contribution is -0.134. The summed E-state index contributed by atoms with van der Waals surface area (Å²) in [5.74, 6) is 1.67. The van der Waals surface area contributed by atoms with Crippen LogP contribution in [0.1, 0.15) is 37.8 Å². The summed E-state index contributed by atoms with van der Waals surface area (Å²) in [7, 11) is 0. The van der Waals surface area contributed by atoms with Gasteiger partial charge in [-0.3, -0.25) is 9.48 Å². The van der Waals surface area contributed by atoms with E-state index < -0.39 is 0 Å². The van der Waals surface area contributed by atoms with Crippen LogP contribution in [0.2, 0.25) is 0 Å². The van der Waals surface area contributed by atoms with Crippen molar-refractivity contribution in [1.29, 1.82) is 0 Å². The van der Waals surface area contributed by atoms with Gasteiger partial charge in [-0.2, -0.15) is 5.10 Å². The third-order valence-electron chi connectivity index (χ3n) is 4.74. The third kappa shape index (κ3) is 3.28. The average Bonchev–Trinajstić information content (AvgIpc) is 3.37. The summed E-state index contributed by atoms with van der Waals surface area (Å²) in [5, 5.41) is 4.38. The largest absolute Gasteiger partial charge is 0.374 e. The van der Waals surface area contributed by atoms with E-state index in [9.17, 15) is 4.79 Å². The number of carbonyl (C=O) groups is 1. The first kappa shape index (κ1) is 13.3. The molecular weight excluding hydrogens is 266 g/mol. The number of hydrogen-bond acceptors (Lipinski definition) is 3. The number of rotatable bonds is 5. The molecule has 2 heterocycles. The molecule has 1 unspecified atom stereocenters. The van der Waals surface area contributed by atoms with Crippen LogP contribution in [0.25, 0.3) is 0 Å². The normalized spacial score (nSPS) is 25.5. The van der Waals surface area contributed by atoms with Crippen LogP contribution in [-0.4, -0.2) is 39.8 Å². The van der Waals surface area contributed by atoms with E-state index in [-0.39, 0.29) is 12.0 Å². The maximum Gasteiger partial charge on any atom is 0.223 e. The van der Waals surface area contributed by atoms with Gasteiger partial charge in [0, 0.05) is 25.8 Å². The Hall–Kier alpha value is -1.36. The van der Waals surface area contributed by atoms with E-state index in [1.807, 2.05) is 21.8 Å². The van der Waals surface area contributed by atoms with Crippen LogP contribution in [0.15, 0.2) is 12.3 Å². The maximum absolute atomic E-state index is 12.5. The molecule has 2 fully saturated rings. The smallest absolute Gasteiger partial charge is 0.223 e. The molecule has 2 aliphatic carbocycles. The molecule has 0 aromatic carbocycles. The zero-order chi connectivity index (χ0) is 14.2. The van der Waals surface area contributed by atoms with Crippen molar-refractivity contribution in [1.82, 2.24) is 14.7 Å². The van der Waals surface area contributed by atoms with Crippen LogP contribution in [0.3, 0.4) is 0 Å². The fourth-order valence-electron chi connectivity index (χ4n) is 2.97. The first-order valence-corrected chi connectivity index (χ1v) is 8.18. The zero-order valence-electron chi connectivity index (χ0n) is 12.4. The molecule has 1 aliphatic heterocycles. The standard InChI is InChI=1S/C16H23N3O2/c20-16(7-12-1-2-12)18-8-14-5-6-17-19(14)10-15(9-18)21-11-13-3-4-13/h5-6,12-13,15H,1-4,7-11H2. The number of carbonyl (C=O) groups excluding carboxylic acids is 1. The van der Waals surface area contributed by atoms with Gasteiger partial charge in [-0.25, -0.2) is 0 Å². The number of fused-ring (bicyclic) bond motifs is 1. The van der Waals surface area contributed by atoms with Gasteiger partial charge in [0.15, 0.2) is 0 Å². The predicted octanol–water partition coefficient (Wildman–Crippen LogP) is 1.82. The van der Waals surface area contributed by atoms with Crippen molar-refractivity contribution in [3.05, 3.63) is 18.0 Å². The topological polar surface area (TPSA) is 47.4 Å². The van der Waals surface area contributed by atoms with E-state index in [1.165, 1.54) is 25.7 Å². The quantitative estimate of drug-likeness (QED) is 0.830. The Balaban J connectivity index is 1.45. The van der Waals surface area contributed by atoms with Gasteiger partial charge >= 0.3 is 0 Å². The van der Waals surface area contributed by atoms with Crippen molar-refractivity contribution in [3.8, 4) is 0 Å². The van der Waals surface area contributed by atoms with E-state index in [2.05, 4.69) is 5.10 Å². The minimum absolute atomic E-state index is 0.0786. The molecule has 1 amide bonds. The number of nitrogens with zero attached hydrogens (tertiary/aromatic N) is 3. The molecule has 0 saturated heterocycles. The highest BCUT2D eigenvalue weighted by Gasteiger charge is 2.31. The van der Waals surface area contributed by atoms with Crippen LogP contribution in [0.5, 0.6) is 0 Å². The Bertz CT molecular complexity index is 519. The molecular formula is C16H23N3O2. The van der Waals surface area contributed by atoms with Gasteiger partial charge < -0.3 is 9.64 Å². The van der Waals surface area contributed by atoms with E-state index in [0.717, 1.165) is 24.8 Å². The molecule has 0 bridgehead atoms. The van der Waals surface area contributed by atoms with Crippen molar-refractivity contribution in [2.75, 3.05) is 13.2 Å². The van der Waals surface area contributed by atoms with Crippen molar-refractivity contribution in [3.63, 3.8) is 0 Å². The van der Waals surface area contributed by atoms with E-state index in [4.69, 9.17) is 4.74 Å². The van der Waals surface area contributed by atoms with Crippen molar-refractivity contribution >= 4 is 5.91 Å². The van der Waals surface area contributed by atoms with Gasteiger partial charge in [0.2, 0.25) is 5.91 Å². The van der Waals surface area contributed by atoms with Gasteiger partial charge in [0.05, 0.1) is 24.9 Å². The lowest BCUT2D eigenvalue weighted by atomic mass is 10.2. The lowest BCUT2D eigenvalue weighted by Crippen LogP contribution is -2.37. The Morgan fingerprint density at radius 3 is 2.81 bits per heavy atom. The number of ether oxygens (including phenoxy) is 1. The van der Waals surface area contributed by atoms with Gasteiger partial charge in [-0.1, -0.05) is 0 Å². The Morgan fingerprint density at radius 2 is 2.05 bits per heavy atom. The first-order chi connectivity index (χ1) is 10.3. The summed E-state index contributed by atoms with van der Waals surface area (Å²) in [4.78, 5) is 14.5. The molecule has 1 aromatic rings. The molecule has 1 aromatic heterocycles. The molecule has 0 radical (unpaired) electrons. The molecule has 1 atom stereocenters. The monoisotopic (exact) mass is 289 g/mol. The second-order valence-corrected chi connectivity index (χ2v) is 6.83. The van der Waals surface area contributed by atoms with E-state index in [1.54, 1.807) is 0 Å². The fraction of sp³-hybridized carbons (Fsp3) is 0.750. The number of hydrogen-bond donors (Lipinski definition) is 0. The molecule has 5 nitrogen and oxygen atoms in total. The van der Waals surface area contributed by atoms with Gasteiger partial charge in [-0.05, 0) is 43.6 Å². The minimum atomic E-state index is 0.0786. The molecule has 4 rings (SSSR count).